The van der Waals surface area contributed by atoms with Crippen LogP contribution in [0.5, 0.6) is 0 Å². The molecule has 5 rings (SSSR count). The van der Waals surface area contributed by atoms with Crippen molar-refractivity contribution in [2.45, 2.75) is 25.4 Å². The van der Waals surface area contributed by atoms with Crippen LogP contribution in [0.4, 0.5) is 5.95 Å². The van der Waals surface area contributed by atoms with Gasteiger partial charge in [0.15, 0.2) is 11.6 Å². The summed E-state index contributed by atoms with van der Waals surface area (Å²) in [5.41, 5.74) is 2.05. The molecule has 7 heteroatoms. The smallest absolute Gasteiger partial charge is 0.226 e. The van der Waals surface area contributed by atoms with Gasteiger partial charge in [0.2, 0.25) is 5.95 Å². The highest BCUT2D eigenvalue weighted by Gasteiger charge is 2.24. The molecule has 3 heterocycles. The SMILES string of the molecule is c1ccc(-c2ncnc(NC3CCc4nnc(-c5ccccc5)n4C3)n2)cc1. The summed E-state index contributed by atoms with van der Waals surface area (Å²) in [5, 5.41) is 12.2. The van der Waals surface area contributed by atoms with Gasteiger partial charge in [-0.05, 0) is 6.42 Å². The van der Waals surface area contributed by atoms with Crippen LogP contribution in [0.1, 0.15) is 12.2 Å². The molecule has 138 valence electrons. The lowest BCUT2D eigenvalue weighted by atomic mass is 10.1. The van der Waals surface area contributed by atoms with Gasteiger partial charge in [-0.15, -0.1) is 10.2 Å². The van der Waals surface area contributed by atoms with E-state index in [1.54, 1.807) is 6.33 Å². The van der Waals surface area contributed by atoms with Crippen molar-refractivity contribution in [2.24, 2.45) is 0 Å². The first-order chi connectivity index (χ1) is 13.9. The summed E-state index contributed by atoms with van der Waals surface area (Å²) < 4.78 is 2.19. The third-order valence-electron chi connectivity index (χ3n) is 4.92. The lowest BCUT2D eigenvalue weighted by Gasteiger charge is -2.25. The van der Waals surface area contributed by atoms with Crippen molar-refractivity contribution >= 4 is 5.95 Å². The van der Waals surface area contributed by atoms with Crippen LogP contribution in [-0.2, 0) is 13.0 Å². The average Bonchev–Trinajstić information content (AvgIpc) is 3.18. The van der Waals surface area contributed by atoms with Crippen LogP contribution in [0.25, 0.3) is 22.8 Å². The largest absolute Gasteiger partial charge is 0.350 e. The van der Waals surface area contributed by atoms with E-state index >= 15 is 0 Å². The second-order valence-electron chi connectivity index (χ2n) is 6.80. The Morgan fingerprint density at radius 1 is 0.857 bits per heavy atom. The molecule has 0 saturated carbocycles. The first-order valence-electron chi connectivity index (χ1n) is 9.35. The number of hydrogen-bond donors (Lipinski definition) is 1. The van der Waals surface area contributed by atoms with E-state index in [1.807, 2.05) is 48.5 Å². The Labute approximate surface area is 162 Å². The number of nitrogens with one attached hydrogen (secondary N) is 1. The Balaban J connectivity index is 1.37. The fraction of sp³-hybridized carbons (Fsp3) is 0.190. The number of aromatic nitrogens is 6. The minimum atomic E-state index is 0.206. The predicted molar refractivity (Wildman–Crippen MR) is 106 cm³/mol. The number of anilines is 1. The summed E-state index contributed by atoms with van der Waals surface area (Å²) in [5.74, 6) is 3.20. The Kier molecular flexibility index (Phi) is 4.25. The third kappa shape index (κ3) is 3.22. The maximum Gasteiger partial charge on any atom is 0.226 e. The monoisotopic (exact) mass is 369 g/mol. The number of benzene rings is 2. The maximum absolute atomic E-state index is 4.59. The molecule has 1 aliphatic rings. The molecule has 2 aromatic carbocycles. The molecule has 0 radical (unpaired) electrons. The lowest BCUT2D eigenvalue weighted by molar-refractivity contribution is 0.477. The van der Waals surface area contributed by atoms with Gasteiger partial charge < -0.3 is 9.88 Å². The normalized spacial score (nSPS) is 15.8. The number of nitrogens with zero attached hydrogens (tertiary/aromatic N) is 6. The fourth-order valence-corrected chi connectivity index (χ4v) is 3.52. The van der Waals surface area contributed by atoms with Crippen molar-refractivity contribution in [1.29, 1.82) is 0 Å². The van der Waals surface area contributed by atoms with Crippen LogP contribution in [0.2, 0.25) is 0 Å². The van der Waals surface area contributed by atoms with E-state index in [0.29, 0.717) is 11.8 Å². The van der Waals surface area contributed by atoms with Crippen molar-refractivity contribution in [3.8, 4) is 22.8 Å². The first-order valence-corrected chi connectivity index (χ1v) is 9.35. The molecule has 0 aliphatic carbocycles. The molecule has 1 atom stereocenters. The van der Waals surface area contributed by atoms with Gasteiger partial charge in [-0.3, -0.25) is 0 Å². The molecule has 0 saturated heterocycles. The van der Waals surface area contributed by atoms with E-state index in [9.17, 15) is 0 Å². The highest BCUT2D eigenvalue weighted by atomic mass is 15.3. The number of hydrogen-bond acceptors (Lipinski definition) is 6. The Hall–Kier alpha value is -3.61. The predicted octanol–water partition coefficient (Wildman–Crippen LogP) is 3.22. The van der Waals surface area contributed by atoms with E-state index in [0.717, 1.165) is 42.2 Å². The third-order valence-corrected chi connectivity index (χ3v) is 4.92. The van der Waals surface area contributed by atoms with E-state index in [1.165, 1.54) is 0 Å². The molecular weight excluding hydrogens is 350 g/mol. The van der Waals surface area contributed by atoms with Crippen LogP contribution < -0.4 is 5.32 Å². The van der Waals surface area contributed by atoms with Crippen LogP contribution >= 0.6 is 0 Å². The molecule has 28 heavy (non-hydrogen) atoms. The van der Waals surface area contributed by atoms with Gasteiger partial charge in [0, 0.05) is 30.1 Å². The highest BCUT2D eigenvalue weighted by molar-refractivity contribution is 5.56. The second-order valence-corrected chi connectivity index (χ2v) is 6.80. The number of fused-ring (bicyclic) bond motifs is 1. The molecule has 0 amide bonds. The fourth-order valence-electron chi connectivity index (χ4n) is 3.52. The van der Waals surface area contributed by atoms with Gasteiger partial charge in [-0.2, -0.15) is 4.98 Å². The van der Waals surface area contributed by atoms with Gasteiger partial charge in [-0.1, -0.05) is 60.7 Å². The van der Waals surface area contributed by atoms with E-state index in [4.69, 9.17) is 0 Å². The first kappa shape index (κ1) is 16.6. The molecule has 7 nitrogen and oxygen atoms in total. The minimum absolute atomic E-state index is 0.206. The van der Waals surface area contributed by atoms with E-state index in [2.05, 4.69) is 47.2 Å². The lowest BCUT2D eigenvalue weighted by Crippen LogP contribution is -2.32. The number of aryl methyl sites for hydroxylation is 1. The molecule has 0 spiro atoms. The highest BCUT2D eigenvalue weighted by Crippen LogP contribution is 2.24. The summed E-state index contributed by atoms with van der Waals surface area (Å²) >= 11 is 0. The summed E-state index contributed by atoms with van der Waals surface area (Å²) in [4.78, 5) is 13.2. The molecule has 2 aromatic heterocycles. The van der Waals surface area contributed by atoms with Crippen molar-refractivity contribution in [3.05, 3.63) is 72.8 Å². The van der Waals surface area contributed by atoms with Crippen LogP contribution in [0.3, 0.4) is 0 Å². The van der Waals surface area contributed by atoms with Crippen molar-refractivity contribution in [2.75, 3.05) is 5.32 Å². The molecule has 0 bridgehead atoms. The topological polar surface area (TPSA) is 81.4 Å². The molecular formula is C21H19N7. The van der Waals surface area contributed by atoms with Crippen LogP contribution in [0, 0.1) is 0 Å². The summed E-state index contributed by atoms with van der Waals surface area (Å²) in [6.45, 7) is 0.777. The Morgan fingerprint density at radius 3 is 2.39 bits per heavy atom. The second kappa shape index (κ2) is 7.19. The van der Waals surface area contributed by atoms with E-state index < -0.39 is 0 Å². The average molecular weight is 369 g/mol. The summed E-state index contributed by atoms with van der Waals surface area (Å²) in [6.07, 6.45) is 3.38. The van der Waals surface area contributed by atoms with E-state index in [-0.39, 0.29) is 6.04 Å². The van der Waals surface area contributed by atoms with Crippen molar-refractivity contribution < 1.29 is 0 Å². The maximum atomic E-state index is 4.59. The zero-order valence-corrected chi connectivity index (χ0v) is 15.2. The Morgan fingerprint density at radius 2 is 1.61 bits per heavy atom. The van der Waals surface area contributed by atoms with Gasteiger partial charge in [0.1, 0.15) is 12.2 Å². The van der Waals surface area contributed by atoms with Gasteiger partial charge in [0.05, 0.1) is 0 Å². The van der Waals surface area contributed by atoms with Gasteiger partial charge in [-0.25, -0.2) is 9.97 Å². The standard InChI is InChI=1S/C21H19N7/c1-3-7-15(8-4-1)19-22-14-23-21(25-19)24-17-11-12-18-26-27-20(28(18)13-17)16-9-5-2-6-10-16/h1-10,14,17H,11-13H2,(H,22,23,24,25). The molecule has 1 aliphatic heterocycles. The zero-order chi connectivity index (χ0) is 18.8. The quantitative estimate of drug-likeness (QED) is 0.595. The summed E-state index contributed by atoms with van der Waals surface area (Å²) in [6, 6.07) is 20.3. The van der Waals surface area contributed by atoms with Crippen LogP contribution in [-0.4, -0.2) is 35.8 Å². The Bertz CT molecular complexity index is 1080. The zero-order valence-electron chi connectivity index (χ0n) is 15.2. The summed E-state index contributed by atoms with van der Waals surface area (Å²) in [7, 11) is 0. The molecule has 1 unspecified atom stereocenters. The van der Waals surface area contributed by atoms with Gasteiger partial charge in [0.25, 0.3) is 0 Å². The minimum Gasteiger partial charge on any atom is -0.350 e. The van der Waals surface area contributed by atoms with Crippen LogP contribution in [0.15, 0.2) is 67.0 Å². The van der Waals surface area contributed by atoms with Gasteiger partial charge >= 0.3 is 0 Å². The number of rotatable bonds is 4. The van der Waals surface area contributed by atoms with Crippen molar-refractivity contribution in [1.82, 2.24) is 29.7 Å². The molecule has 0 fully saturated rings. The molecule has 1 N–H and O–H groups in total. The van der Waals surface area contributed by atoms with Crippen molar-refractivity contribution in [3.63, 3.8) is 0 Å². The molecule has 4 aromatic rings.